The van der Waals surface area contributed by atoms with Crippen LogP contribution in [0.25, 0.3) is 22.3 Å². The van der Waals surface area contributed by atoms with Crippen LogP contribution in [0.1, 0.15) is 5.89 Å². The molecule has 1 atom stereocenters. The van der Waals surface area contributed by atoms with Crippen molar-refractivity contribution in [3.63, 3.8) is 0 Å². The number of nitrogens with zero attached hydrogens (tertiary/aromatic N) is 3. The molecule has 0 saturated carbocycles. The van der Waals surface area contributed by atoms with E-state index in [9.17, 15) is 0 Å². The van der Waals surface area contributed by atoms with Crippen molar-refractivity contribution >= 4 is 10.8 Å². The summed E-state index contributed by atoms with van der Waals surface area (Å²) in [6, 6.07) is 10.3. The molecule has 22 heavy (non-hydrogen) atoms. The van der Waals surface area contributed by atoms with Gasteiger partial charge in [-0.2, -0.15) is 4.98 Å². The SMILES string of the molecule is c1ccc2c(-c3noc(CC4COCCN4)n3)nccc2c1. The minimum atomic E-state index is 0.225. The summed E-state index contributed by atoms with van der Waals surface area (Å²) in [5.74, 6) is 1.14. The number of hydrogen-bond acceptors (Lipinski definition) is 6. The first kappa shape index (κ1) is 13.4. The first-order valence-electron chi connectivity index (χ1n) is 7.38. The Hall–Kier alpha value is -2.31. The van der Waals surface area contributed by atoms with E-state index >= 15 is 0 Å². The lowest BCUT2D eigenvalue weighted by Gasteiger charge is -2.22. The average Bonchev–Trinajstić information content (AvgIpc) is 3.03. The number of hydrogen-bond donors (Lipinski definition) is 1. The van der Waals surface area contributed by atoms with Gasteiger partial charge in [-0.15, -0.1) is 0 Å². The van der Waals surface area contributed by atoms with Crippen molar-refractivity contribution in [2.24, 2.45) is 0 Å². The Kier molecular flexibility index (Phi) is 3.54. The number of aromatic nitrogens is 3. The zero-order valence-electron chi connectivity index (χ0n) is 12.0. The van der Waals surface area contributed by atoms with Gasteiger partial charge in [-0.25, -0.2) is 0 Å². The molecule has 0 bridgehead atoms. The summed E-state index contributed by atoms with van der Waals surface area (Å²) in [6.07, 6.45) is 2.43. The maximum Gasteiger partial charge on any atom is 0.228 e. The van der Waals surface area contributed by atoms with E-state index in [2.05, 4.69) is 20.4 Å². The number of nitrogens with one attached hydrogen (secondary N) is 1. The second kappa shape index (κ2) is 5.82. The van der Waals surface area contributed by atoms with Crippen LogP contribution in [0.4, 0.5) is 0 Å². The van der Waals surface area contributed by atoms with Crippen molar-refractivity contribution in [3.05, 3.63) is 42.4 Å². The fourth-order valence-electron chi connectivity index (χ4n) is 2.69. The van der Waals surface area contributed by atoms with Gasteiger partial charge >= 0.3 is 0 Å². The molecule has 1 aliphatic rings. The minimum absolute atomic E-state index is 0.225. The van der Waals surface area contributed by atoms with Gasteiger partial charge in [0.15, 0.2) is 0 Å². The third-order valence-electron chi connectivity index (χ3n) is 3.77. The fourth-order valence-corrected chi connectivity index (χ4v) is 2.69. The molecule has 3 aromatic rings. The van der Waals surface area contributed by atoms with Gasteiger partial charge in [-0.1, -0.05) is 29.4 Å². The van der Waals surface area contributed by atoms with Crippen molar-refractivity contribution < 1.29 is 9.26 Å². The number of ether oxygens (including phenoxy) is 1. The van der Waals surface area contributed by atoms with Gasteiger partial charge in [-0.05, 0) is 11.5 Å². The summed E-state index contributed by atoms with van der Waals surface area (Å²) < 4.78 is 10.8. The lowest BCUT2D eigenvalue weighted by Crippen LogP contribution is -2.42. The molecule has 2 aromatic heterocycles. The van der Waals surface area contributed by atoms with Crippen molar-refractivity contribution in [1.29, 1.82) is 0 Å². The molecule has 6 heteroatoms. The molecule has 1 saturated heterocycles. The molecule has 6 nitrogen and oxygen atoms in total. The van der Waals surface area contributed by atoms with Crippen LogP contribution in [0, 0.1) is 0 Å². The quantitative estimate of drug-likeness (QED) is 0.794. The maximum absolute atomic E-state index is 5.44. The van der Waals surface area contributed by atoms with Crippen LogP contribution in [-0.4, -0.2) is 40.9 Å². The molecular weight excluding hydrogens is 280 g/mol. The second-order valence-electron chi connectivity index (χ2n) is 5.32. The smallest absolute Gasteiger partial charge is 0.228 e. The monoisotopic (exact) mass is 296 g/mol. The Balaban J connectivity index is 1.62. The molecule has 1 unspecified atom stereocenters. The van der Waals surface area contributed by atoms with Crippen LogP contribution >= 0.6 is 0 Å². The van der Waals surface area contributed by atoms with Crippen LogP contribution in [-0.2, 0) is 11.2 Å². The number of benzene rings is 1. The Morgan fingerprint density at radius 2 is 2.18 bits per heavy atom. The molecule has 4 rings (SSSR count). The standard InChI is InChI=1S/C16H16N4O2/c1-2-4-13-11(3-1)5-6-18-15(13)16-19-14(22-20-16)9-12-10-21-8-7-17-12/h1-6,12,17H,7-10H2. The molecule has 0 aliphatic carbocycles. The van der Waals surface area contributed by atoms with Gasteiger partial charge in [0.2, 0.25) is 11.7 Å². The van der Waals surface area contributed by atoms with Crippen LogP contribution in [0.5, 0.6) is 0 Å². The highest BCUT2D eigenvalue weighted by molar-refractivity contribution is 5.92. The van der Waals surface area contributed by atoms with Gasteiger partial charge in [0, 0.05) is 30.6 Å². The largest absolute Gasteiger partial charge is 0.378 e. The Morgan fingerprint density at radius 1 is 1.23 bits per heavy atom. The third-order valence-corrected chi connectivity index (χ3v) is 3.77. The summed E-state index contributed by atoms with van der Waals surface area (Å²) in [6.45, 7) is 2.28. The first-order valence-corrected chi connectivity index (χ1v) is 7.38. The molecule has 0 amide bonds. The Bertz CT molecular complexity index is 775. The number of fused-ring (bicyclic) bond motifs is 1. The van der Waals surface area contributed by atoms with E-state index < -0.39 is 0 Å². The van der Waals surface area contributed by atoms with Crippen molar-refractivity contribution in [2.45, 2.75) is 12.5 Å². The summed E-state index contributed by atoms with van der Waals surface area (Å²) in [4.78, 5) is 8.90. The summed E-state index contributed by atoms with van der Waals surface area (Å²) in [5, 5.41) is 9.60. The van der Waals surface area contributed by atoms with E-state index in [1.165, 1.54) is 0 Å². The van der Waals surface area contributed by atoms with Crippen LogP contribution in [0.3, 0.4) is 0 Å². The zero-order chi connectivity index (χ0) is 14.8. The van der Waals surface area contributed by atoms with Gasteiger partial charge in [-0.3, -0.25) is 4.98 Å². The summed E-state index contributed by atoms with van der Waals surface area (Å²) in [7, 11) is 0. The van der Waals surface area contributed by atoms with E-state index in [1.807, 2.05) is 30.3 Å². The zero-order valence-corrected chi connectivity index (χ0v) is 12.0. The van der Waals surface area contributed by atoms with Gasteiger partial charge in [0.25, 0.3) is 0 Å². The van der Waals surface area contributed by atoms with Crippen molar-refractivity contribution in [3.8, 4) is 11.5 Å². The van der Waals surface area contributed by atoms with Gasteiger partial charge in [0.05, 0.1) is 13.2 Å². The van der Waals surface area contributed by atoms with Gasteiger partial charge in [0.1, 0.15) is 5.69 Å². The van der Waals surface area contributed by atoms with Crippen LogP contribution in [0.15, 0.2) is 41.1 Å². The van der Waals surface area contributed by atoms with E-state index in [4.69, 9.17) is 9.26 Å². The highest BCUT2D eigenvalue weighted by atomic mass is 16.5. The van der Waals surface area contributed by atoms with Crippen LogP contribution in [0.2, 0.25) is 0 Å². The number of morpholine rings is 1. The van der Waals surface area contributed by atoms with E-state index in [-0.39, 0.29) is 6.04 Å². The molecule has 1 fully saturated rings. The van der Waals surface area contributed by atoms with Crippen molar-refractivity contribution in [1.82, 2.24) is 20.4 Å². The lowest BCUT2D eigenvalue weighted by atomic mass is 10.1. The molecule has 3 heterocycles. The van der Waals surface area contributed by atoms with E-state index in [0.29, 0.717) is 24.7 Å². The summed E-state index contributed by atoms with van der Waals surface area (Å²) >= 11 is 0. The topological polar surface area (TPSA) is 73.1 Å². The van der Waals surface area contributed by atoms with Crippen molar-refractivity contribution in [2.75, 3.05) is 19.8 Å². The molecular formula is C16H16N4O2. The molecule has 0 spiro atoms. The summed E-state index contributed by atoms with van der Waals surface area (Å²) in [5.41, 5.74) is 0.751. The first-order chi connectivity index (χ1) is 10.9. The lowest BCUT2D eigenvalue weighted by molar-refractivity contribution is 0.0744. The third kappa shape index (κ3) is 2.58. The Morgan fingerprint density at radius 3 is 3.09 bits per heavy atom. The van der Waals surface area contributed by atoms with E-state index in [0.717, 1.165) is 29.6 Å². The molecule has 1 aliphatic heterocycles. The van der Waals surface area contributed by atoms with Crippen LogP contribution < -0.4 is 5.32 Å². The molecule has 0 radical (unpaired) electrons. The minimum Gasteiger partial charge on any atom is -0.378 e. The average molecular weight is 296 g/mol. The molecule has 1 N–H and O–H groups in total. The Labute approximate surface area is 127 Å². The number of rotatable bonds is 3. The fraction of sp³-hybridized carbons (Fsp3) is 0.312. The second-order valence-corrected chi connectivity index (χ2v) is 5.32. The highest BCUT2D eigenvalue weighted by Crippen LogP contribution is 2.24. The van der Waals surface area contributed by atoms with E-state index in [1.54, 1.807) is 6.20 Å². The molecule has 112 valence electrons. The number of pyridine rings is 1. The maximum atomic E-state index is 5.44. The van der Waals surface area contributed by atoms with Gasteiger partial charge < -0.3 is 14.6 Å². The highest BCUT2D eigenvalue weighted by Gasteiger charge is 2.18. The predicted molar refractivity (Wildman–Crippen MR) is 81.3 cm³/mol. The molecule has 1 aromatic carbocycles. The normalized spacial score (nSPS) is 18.6. The predicted octanol–water partition coefficient (Wildman–Crippen LogP) is 1.82.